The van der Waals surface area contributed by atoms with Crippen molar-refractivity contribution in [2.45, 2.75) is 20.3 Å². The van der Waals surface area contributed by atoms with Crippen molar-refractivity contribution >= 4 is 22.4 Å². The smallest absolute Gasteiger partial charge is 0.230 e. The molecule has 0 bridgehead atoms. The van der Waals surface area contributed by atoms with Crippen LogP contribution in [0, 0.1) is 13.8 Å². The van der Waals surface area contributed by atoms with E-state index >= 15 is 0 Å². The molecule has 22 heavy (non-hydrogen) atoms. The van der Waals surface area contributed by atoms with Crippen molar-refractivity contribution in [2.24, 2.45) is 0 Å². The number of nitrogens with one attached hydrogen (secondary N) is 1. The van der Waals surface area contributed by atoms with Gasteiger partial charge in [-0.3, -0.25) is 4.79 Å². The summed E-state index contributed by atoms with van der Waals surface area (Å²) in [6, 6.07) is 9.79. The van der Waals surface area contributed by atoms with E-state index in [-0.39, 0.29) is 5.91 Å². The summed E-state index contributed by atoms with van der Waals surface area (Å²) in [6.07, 6.45) is 1.95. The Kier molecular flexibility index (Phi) is 4.06. The molecular weight excluding hydrogens is 296 g/mol. The molecule has 2 aromatic heterocycles. The van der Waals surface area contributed by atoms with Gasteiger partial charge in [0.25, 0.3) is 0 Å². The molecule has 2 heterocycles. The summed E-state index contributed by atoms with van der Waals surface area (Å²) in [7, 11) is 0. The lowest BCUT2D eigenvalue weighted by Gasteiger charge is -2.06. The molecule has 5 heteroatoms. The molecule has 0 spiro atoms. The lowest BCUT2D eigenvalue weighted by atomic mass is 10.0. The third kappa shape index (κ3) is 3.26. The van der Waals surface area contributed by atoms with Gasteiger partial charge in [-0.15, -0.1) is 11.3 Å². The maximum Gasteiger partial charge on any atom is 0.230 e. The fourth-order valence-corrected chi connectivity index (χ4v) is 2.91. The number of carbonyl (C=O) groups excluding carboxylic acids is 1. The van der Waals surface area contributed by atoms with E-state index in [9.17, 15) is 4.79 Å². The summed E-state index contributed by atoms with van der Waals surface area (Å²) in [4.78, 5) is 16.5. The van der Waals surface area contributed by atoms with Crippen LogP contribution in [0.15, 0.2) is 46.4 Å². The first-order valence-electron chi connectivity index (χ1n) is 6.97. The monoisotopic (exact) mass is 312 g/mol. The van der Waals surface area contributed by atoms with Crippen LogP contribution in [0.1, 0.15) is 16.7 Å². The maximum atomic E-state index is 12.2. The third-order valence-corrected chi connectivity index (χ3v) is 4.14. The predicted molar refractivity (Wildman–Crippen MR) is 88.1 cm³/mol. The molecule has 0 radical (unpaired) electrons. The van der Waals surface area contributed by atoms with Crippen molar-refractivity contribution in [3.63, 3.8) is 0 Å². The van der Waals surface area contributed by atoms with E-state index < -0.39 is 0 Å². The Morgan fingerprint density at radius 2 is 2.18 bits per heavy atom. The fourth-order valence-electron chi connectivity index (χ4n) is 2.20. The SMILES string of the molecule is Cc1ccc(C)c(CC(=O)Nc2nc(-c3ccco3)cs2)c1. The normalized spacial score (nSPS) is 10.6. The van der Waals surface area contributed by atoms with Crippen LogP contribution < -0.4 is 5.32 Å². The van der Waals surface area contributed by atoms with Crippen LogP contribution in [0.2, 0.25) is 0 Å². The zero-order chi connectivity index (χ0) is 15.5. The molecule has 0 unspecified atom stereocenters. The van der Waals surface area contributed by atoms with Crippen molar-refractivity contribution in [2.75, 3.05) is 5.32 Å². The van der Waals surface area contributed by atoms with Gasteiger partial charge in [0.05, 0.1) is 12.7 Å². The van der Waals surface area contributed by atoms with Crippen molar-refractivity contribution in [1.82, 2.24) is 4.98 Å². The number of amides is 1. The largest absolute Gasteiger partial charge is 0.463 e. The lowest BCUT2D eigenvalue weighted by molar-refractivity contribution is -0.115. The fraction of sp³-hybridized carbons (Fsp3) is 0.176. The van der Waals surface area contributed by atoms with Gasteiger partial charge in [-0.2, -0.15) is 0 Å². The molecule has 0 aliphatic carbocycles. The Labute approximate surface area is 132 Å². The van der Waals surface area contributed by atoms with E-state index in [0.717, 1.165) is 22.4 Å². The van der Waals surface area contributed by atoms with Crippen LogP contribution in [0.25, 0.3) is 11.5 Å². The van der Waals surface area contributed by atoms with Crippen molar-refractivity contribution in [3.05, 3.63) is 58.7 Å². The molecular formula is C17H16N2O2S. The number of hydrogen-bond acceptors (Lipinski definition) is 4. The summed E-state index contributed by atoms with van der Waals surface area (Å²) in [5.41, 5.74) is 4.05. The zero-order valence-corrected chi connectivity index (χ0v) is 13.2. The van der Waals surface area contributed by atoms with Crippen LogP contribution in [0.5, 0.6) is 0 Å². The van der Waals surface area contributed by atoms with E-state index in [1.807, 2.05) is 49.6 Å². The Morgan fingerprint density at radius 1 is 1.32 bits per heavy atom. The Morgan fingerprint density at radius 3 is 2.95 bits per heavy atom. The number of rotatable bonds is 4. The first-order chi connectivity index (χ1) is 10.6. The number of hydrogen-bond donors (Lipinski definition) is 1. The van der Waals surface area contributed by atoms with Crippen LogP contribution >= 0.6 is 11.3 Å². The highest BCUT2D eigenvalue weighted by Crippen LogP contribution is 2.25. The minimum Gasteiger partial charge on any atom is -0.463 e. The molecule has 1 amide bonds. The molecule has 3 rings (SSSR count). The average Bonchev–Trinajstić information content (AvgIpc) is 3.13. The molecule has 0 fully saturated rings. The number of furan rings is 1. The molecule has 0 aliphatic heterocycles. The quantitative estimate of drug-likeness (QED) is 0.785. The van der Waals surface area contributed by atoms with Gasteiger partial charge in [0.2, 0.25) is 5.91 Å². The lowest BCUT2D eigenvalue weighted by Crippen LogP contribution is -2.15. The number of aromatic nitrogens is 1. The van der Waals surface area contributed by atoms with Crippen LogP contribution in [0.3, 0.4) is 0 Å². The standard InChI is InChI=1S/C17H16N2O2S/c1-11-5-6-12(2)13(8-11)9-16(20)19-17-18-14(10-22-17)15-4-3-7-21-15/h3-8,10H,9H2,1-2H3,(H,18,19,20). The number of aryl methyl sites for hydroxylation is 2. The second-order valence-electron chi connectivity index (χ2n) is 5.17. The average molecular weight is 312 g/mol. The number of anilines is 1. The highest BCUT2D eigenvalue weighted by molar-refractivity contribution is 7.14. The molecule has 112 valence electrons. The minimum absolute atomic E-state index is 0.0611. The molecule has 4 nitrogen and oxygen atoms in total. The van der Waals surface area contributed by atoms with E-state index in [1.54, 1.807) is 6.26 Å². The highest BCUT2D eigenvalue weighted by Gasteiger charge is 2.11. The highest BCUT2D eigenvalue weighted by atomic mass is 32.1. The van der Waals surface area contributed by atoms with Crippen molar-refractivity contribution in [1.29, 1.82) is 0 Å². The van der Waals surface area contributed by atoms with Gasteiger partial charge in [-0.05, 0) is 37.1 Å². The maximum absolute atomic E-state index is 12.2. The summed E-state index contributed by atoms with van der Waals surface area (Å²) in [5, 5.41) is 5.30. The number of nitrogens with zero attached hydrogens (tertiary/aromatic N) is 1. The molecule has 1 N–H and O–H groups in total. The predicted octanol–water partition coefficient (Wildman–Crippen LogP) is 4.20. The van der Waals surface area contributed by atoms with Crippen molar-refractivity contribution in [3.8, 4) is 11.5 Å². The second-order valence-corrected chi connectivity index (χ2v) is 6.03. The number of benzene rings is 1. The van der Waals surface area contributed by atoms with E-state index in [2.05, 4.69) is 10.3 Å². The third-order valence-electron chi connectivity index (χ3n) is 3.38. The first-order valence-corrected chi connectivity index (χ1v) is 7.85. The van der Waals surface area contributed by atoms with Crippen molar-refractivity contribution < 1.29 is 9.21 Å². The van der Waals surface area contributed by atoms with Gasteiger partial charge in [0, 0.05) is 5.38 Å². The topological polar surface area (TPSA) is 55.1 Å². The van der Waals surface area contributed by atoms with Gasteiger partial charge in [-0.25, -0.2) is 4.98 Å². The van der Waals surface area contributed by atoms with Gasteiger partial charge in [-0.1, -0.05) is 23.8 Å². The van der Waals surface area contributed by atoms with Gasteiger partial charge in [0.15, 0.2) is 10.9 Å². The van der Waals surface area contributed by atoms with Crippen LogP contribution in [0.4, 0.5) is 5.13 Å². The summed E-state index contributed by atoms with van der Waals surface area (Å²) in [5.74, 6) is 0.639. The molecule has 0 saturated heterocycles. The van der Waals surface area contributed by atoms with Gasteiger partial charge >= 0.3 is 0 Å². The van der Waals surface area contributed by atoms with E-state index in [4.69, 9.17) is 4.42 Å². The summed E-state index contributed by atoms with van der Waals surface area (Å²) >= 11 is 1.39. The minimum atomic E-state index is -0.0611. The molecule has 0 aliphatic rings. The first kappa shape index (κ1) is 14.5. The van der Waals surface area contributed by atoms with E-state index in [1.165, 1.54) is 11.3 Å². The number of carbonyl (C=O) groups is 1. The summed E-state index contributed by atoms with van der Waals surface area (Å²) < 4.78 is 5.29. The Hall–Kier alpha value is -2.40. The Bertz CT molecular complexity index is 791. The molecule has 1 aromatic carbocycles. The summed E-state index contributed by atoms with van der Waals surface area (Å²) in [6.45, 7) is 4.04. The van der Waals surface area contributed by atoms with Gasteiger partial charge < -0.3 is 9.73 Å². The molecule has 0 atom stereocenters. The van der Waals surface area contributed by atoms with Crippen LogP contribution in [-0.4, -0.2) is 10.9 Å². The second kappa shape index (κ2) is 6.15. The van der Waals surface area contributed by atoms with E-state index in [0.29, 0.717) is 17.3 Å². The molecule has 3 aromatic rings. The Balaban J connectivity index is 1.68. The zero-order valence-electron chi connectivity index (χ0n) is 12.4. The molecule has 0 saturated carbocycles. The number of thiazole rings is 1. The van der Waals surface area contributed by atoms with Gasteiger partial charge in [0.1, 0.15) is 5.69 Å². The van der Waals surface area contributed by atoms with Crippen LogP contribution in [-0.2, 0) is 11.2 Å².